The molecule has 1 aliphatic rings. The van der Waals surface area contributed by atoms with Crippen LogP contribution in [0.1, 0.15) is 31.1 Å². The molecule has 0 saturated carbocycles. The van der Waals surface area contributed by atoms with Crippen LogP contribution in [0.3, 0.4) is 0 Å². The maximum atomic E-state index is 14.6. The van der Waals surface area contributed by atoms with Gasteiger partial charge in [-0.05, 0) is 38.1 Å². The minimum atomic E-state index is -0.991. The van der Waals surface area contributed by atoms with Gasteiger partial charge in [0.2, 0.25) is 0 Å². The number of hydrogen-bond donors (Lipinski definition) is 1. The van der Waals surface area contributed by atoms with Crippen LogP contribution in [-0.4, -0.2) is 23.4 Å². The van der Waals surface area contributed by atoms with Crippen molar-refractivity contribution < 1.29 is 18.3 Å². The van der Waals surface area contributed by atoms with Crippen molar-refractivity contribution in [2.45, 2.75) is 19.9 Å². The van der Waals surface area contributed by atoms with E-state index >= 15 is 0 Å². The fraction of sp³-hybridized carbons (Fsp3) is 0.211. The van der Waals surface area contributed by atoms with E-state index in [1.165, 1.54) is 30.5 Å². The van der Waals surface area contributed by atoms with Gasteiger partial charge in [0.15, 0.2) is 11.7 Å². The van der Waals surface area contributed by atoms with Gasteiger partial charge in [-0.1, -0.05) is 22.0 Å². The molecule has 0 amide bonds. The number of pyridine rings is 1. The van der Waals surface area contributed by atoms with Crippen LogP contribution in [0, 0.1) is 11.6 Å². The lowest BCUT2D eigenvalue weighted by molar-refractivity contribution is -0.138. The highest BCUT2D eigenvalue weighted by molar-refractivity contribution is 9.10. The maximum Gasteiger partial charge on any atom is 0.338 e. The predicted octanol–water partition coefficient (Wildman–Crippen LogP) is 4.05. The van der Waals surface area contributed by atoms with Crippen LogP contribution in [0.4, 0.5) is 8.78 Å². The average molecular weight is 436 g/mol. The summed E-state index contributed by atoms with van der Waals surface area (Å²) in [6.07, 6.45) is 1.43. The summed E-state index contributed by atoms with van der Waals surface area (Å²) in [5.74, 6) is -1.62. The summed E-state index contributed by atoms with van der Waals surface area (Å²) in [5, 5.41) is 2.89. The number of carbonyl (C=O) groups excluding carboxylic acids is 1. The second kappa shape index (κ2) is 7.96. The van der Waals surface area contributed by atoms with Crippen molar-refractivity contribution in [1.82, 2.24) is 10.3 Å². The lowest BCUT2D eigenvalue weighted by Gasteiger charge is -2.26. The van der Waals surface area contributed by atoms with Crippen LogP contribution in [0.5, 0.6) is 0 Å². The number of aliphatic imine (C=N–C) groups is 1. The lowest BCUT2D eigenvalue weighted by atomic mass is 9.95. The Labute approximate surface area is 163 Å². The first-order valence-electron chi connectivity index (χ1n) is 8.21. The first-order chi connectivity index (χ1) is 12.9. The van der Waals surface area contributed by atoms with E-state index in [9.17, 15) is 13.6 Å². The zero-order chi connectivity index (χ0) is 19.6. The van der Waals surface area contributed by atoms with E-state index in [0.717, 1.165) is 0 Å². The summed E-state index contributed by atoms with van der Waals surface area (Å²) < 4.78 is 34.4. The van der Waals surface area contributed by atoms with E-state index in [4.69, 9.17) is 4.74 Å². The Hall–Kier alpha value is -2.61. The Morgan fingerprint density at radius 3 is 2.74 bits per heavy atom. The first-order valence-corrected chi connectivity index (χ1v) is 9.00. The topological polar surface area (TPSA) is 63.6 Å². The molecule has 140 valence electrons. The van der Waals surface area contributed by atoms with Crippen molar-refractivity contribution in [2.75, 3.05) is 6.61 Å². The number of carbonyl (C=O) groups is 1. The van der Waals surface area contributed by atoms with Gasteiger partial charge in [0.05, 0.1) is 12.2 Å². The number of aromatic nitrogens is 1. The van der Waals surface area contributed by atoms with Crippen molar-refractivity contribution >= 4 is 27.7 Å². The fourth-order valence-corrected chi connectivity index (χ4v) is 3.11. The SMILES string of the molecule is CCOC(=O)C1=C(C)NC(c2ncccc2F)=NC1c1ccc(Br)cc1F. The molecule has 8 heteroatoms. The molecule has 3 rings (SSSR count). The Morgan fingerprint density at radius 1 is 1.30 bits per heavy atom. The largest absolute Gasteiger partial charge is 0.463 e. The molecule has 1 unspecified atom stereocenters. The molecule has 0 radical (unpaired) electrons. The second-order valence-electron chi connectivity index (χ2n) is 5.76. The Kier molecular flexibility index (Phi) is 5.65. The average Bonchev–Trinajstić information content (AvgIpc) is 2.61. The third-order valence-electron chi connectivity index (χ3n) is 3.98. The molecule has 0 aliphatic carbocycles. The van der Waals surface area contributed by atoms with Crippen molar-refractivity contribution in [1.29, 1.82) is 0 Å². The summed E-state index contributed by atoms with van der Waals surface area (Å²) in [4.78, 5) is 20.9. The smallest absolute Gasteiger partial charge is 0.338 e. The van der Waals surface area contributed by atoms with Crippen molar-refractivity contribution in [3.8, 4) is 0 Å². The van der Waals surface area contributed by atoms with E-state index in [-0.39, 0.29) is 29.3 Å². The van der Waals surface area contributed by atoms with Crippen molar-refractivity contribution in [3.05, 3.63) is 75.2 Å². The van der Waals surface area contributed by atoms with E-state index in [0.29, 0.717) is 10.2 Å². The second-order valence-corrected chi connectivity index (χ2v) is 6.68. The summed E-state index contributed by atoms with van der Waals surface area (Å²) in [6.45, 7) is 3.47. The number of benzene rings is 1. The Balaban J connectivity index is 2.15. The monoisotopic (exact) mass is 435 g/mol. The van der Waals surface area contributed by atoms with Gasteiger partial charge >= 0.3 is 5.97 Å². The molecule has 1 aromatic carbocycles. The molecule has 27 heavy (non-hydrogen) atoms. The first kappa shape index (κ1) is 19.2. The van der Waals surface area contributed by atoms with Crippen molar-refractivity contribution in [2.24, 2.45) is 4.99 Å². The highest BCUT2D eigenvalue weighted by Gasteiger charge is 2.33. The fourth-order valence-electron chi connectivity index (χ4n) is 2.78. The van der Waals surface area contributed by atoms with Crippen LogP contribution in [0.25, 0.3) is 0 Å². The zero-order valence-corrected chi connectivity index (χ0v) is 16.2. The van der Waals surface area contributed by atoms with Gasteiger partial charge in [0, 0.05) is 21.9 Å². The molecule has 0 spiro atoms. The van der Waals surface area contributed by atoms with Crippen LogP contribution >= 0.6 is 15.9 Å². The number of rotatable bonds is 4. The minimum Gasteiger partial charge on any atom is -0.463 e. The highest BCUT2D eigenvalue weighted by atomic mass is 79.9. The van der Waals surface area contributed by atoms with E-state index in [1.807, 2.05) is 0 Å². The standard InChI is InChI=1S/C19H16BrF2N3O2/c1-3-27-19(26)15-10(2)24-18(17-13(21)5-4-8-23-17)25-16(15)12-7-6-11(20)9-14(12)22/h4-9,16H,3H2,1-2H3,(H,24,25). The third kappa shape index (κ3) is 3.90. The number of allylic oxidation sites excluding steroid dienone is 1. The van der Waals surface area contributed by atoms with Crippen LogP contribution in [-0.2, 0) is 9.53 Å². The molecule has 0 saturated heterocycles. The highest BCUT2D eigenvalue weighted by Crippen LogP contribution is 2.34. The van der Waals surface area contributed by atoms with Gasteiger partial charge in [0.25, 0.3) is 0 Å². The molecule has 5 nitrogen and oxygen atoms in total. The summed E-state index contributed by atoms with van der Waals surface area (Å²) >= 11 is 3.21. The van der Waals surface area contributed by atoms with E-state index in [1.54, 1.807) is 19.9 Å². The van der Waals surface area contributed by atoms with Gasteiger partial charge in [-0.3, -0.25) is 4.99 Å². The summed E-state index contributed by atoms with van der Waals surface area (Å²) in [6, 6.07) is 6.18. The zero-order valence-electron chi connectivity index (χ0n) is 14.6. The molecule has 0 bridgehead atoms. The number of hydrogen-bond acceptors (Lipinski definition) is 5. The number of nitrogens with one attached hydrogen (secondary N) is 1. The number of esters is 1. The molecule has 2 heterocycles. The Morgan fingerprint density at radius 2 is 2.07 bits per heavy atom. The number of nitrogens with zero attached hydrogens (tertiary/aromatic N) is 2. The number of amidine groups is 1. The van der Waals surface area contributed by atoms with Crippen molar-refractivity contribution in [3.63, 3.8) is 0 Å². The normalized spacial score (nSPS) is 16.6. The minimum absolute atomic E-state index is 0.0118. The molecular formula is C19H16BrF2N3O2. The number of ether oxygens (including phenoxy) is 1. The van der Waals surface area contributed by atoms with E-state index in [2.05, 4.69) is 31.2 Å². The van der Waals surface area contributed by atoms with Crippen LogP contribution in [0.2, 0.25) is 0 Å². The predicted molar refractivity (Wildman–Crippen MR) is 100 cm³/mol. The molecule has 0 fully saturated rings. The summed E-state index contributed by atoms with van der Waals surface area (Å²) in [7, 11) is 0. The number of halogens is 3. The van der Waals surface area contributed by atoms with E-state index < -0.39 is 23.6 Å². The maximum absolute atomic E-state index is 14.6. The van der Waals surface area contributed by atoms with Gasteiger partial charge in [0.1, 0.15) is 17.6 Å². The molecule has 1 aliphatic heterocycles. The van der Waals surface area contributed by atoms with Gasteiger partial charge in [-0.2, -0.15) is 0 Å². The Bertz CT molecular complexity index is 960. The molecule has 1 aromatic heterocycles. The van der Waals surface area contributed by atoms with Crippen LogP contribution in [0.15, 0.2) is 57.3 Å². The van der Waals surface area contributed by atoms with Crippen LogP contribution < -0.4 is 5.32 Å². The van der Waals surface area contributed by atoms with Gasteiger partial charge < -0.3 is 10.1 Å². The molecular weight excluding hydrogens is 420 g/mol. The van der Waals surface area contributed by atoms with Gasteiger partial charge in [-0.15, -0.1) is 0 Å². The lowest BCUT2D eigenvalue weighted by Crippen LogP contribution is -2.34. The van der Waals surface area contributed by atoms with Gasteiger partial charge in [-0.25, -0.2) is 18.6 Å². The summed E-state index contributed by atoms with van der Waals surface area (Å²) in [5.41, 5.74) is 0.729. The molecule has 1 atom stereocenters. The quantitative estimate of drug-likeness (QED) is 0.735. The molecule has 2 aromatic rings. The molecule has 1 N–H and O–H groups in total. The third-order valence-corrected chi connectivity index (χ3v) is 4.47.